The number of benzene rings is 2. The van der Waals surface area contributed by atoms with E-state index in [-0.39, 0.29) is 43.9 Å². The average molecular weight is 934 g/mol. The van der Waals surface area contributed by atoms with Crippen LogP contribution in [0.3, 0.4) is 0 Å². The number of carbonyl (C=O) groups excluding carboxylic acids is 10. The van der Waals surface area contributed by atoms with Gasteiger partial charge in [-0.3, -0.25) is 47.9 Å². The summed E-state index contributed by atoms with van der Waals surface area (Å²) in [5.41, 5.74) is 13.0. The van der Waals surface area contributed by atoms with Crippen LogP contribution in [0.2, 0.25) is 0 Å². The molecule has 3 aromatic rings. The maximum atomic E-state index is 13.9. The first-order valence-electron chi connectivity index (χ1n) is 21.6. The monoisotopic (exact) mass is 933 g/mol. The molecule has 15 N–H and O–H groups in total. The van der Waals surface area contributed by atoms with E-state index < -0.39 is 121 Å². The molecule has 1 aromatic heterocycles. The number of aliphatic hydroxyl groups excluding tert-OH is 2. The predicted molar refractivity (Wildman–Crippen MR) is 239 cm³/mol. The van der Waals surface area contributed by atoms with Crippen molar-refractivity contribution in [3.05, 3.63) is 71.9 Å². The third kappa shape index (κ3) is 15.9. The second-order valence-electron chi connectivity index (χ2n) is 16.6. The van der Waals surface area contributed by atoms with E-state index in [2.05, 4.69) is 47.5 Å². The molecule has 1 aliphatic heterocycles. The lowest BCUT2D eigenvalue weighted by Gasteiger charge is -2.27. The summed E-state index contributed by atoms with van der Waals surface area (Å²) in [4.78, 5) is 133. The molecule has 0 spiro atoms. The lowest BCUT2D eigenvalue weighted by atomic mass is 10.0. The molecule has 1 saturated heterocycles. The maximum absolute atomic E-state index is 13.9. The fraction of sp³-hybridized carbons (Fsp3) is 0.455. The third-order valence-electron chi connectivity index (χ3n) is 10.7. The smallest absolute Gasteiger partial charge is 0.245 e. The lowest BCUT2D eigenvalue weighted by molar-refractivity contribution is -0.137. The number of nitrogens with two attached hydrogens (primary N) is 2. The van der Waals surface area contributed by atoms with E-state index in [4.69, 9.17) is 11.5 Å². The molecule has 0 aliphatic carbocycles. The summed E-state index contributed by atoms with van der Waals surface area (Å²) >= 11 is 0. The Morgan fingerprint density at radius 2 is 1.33 bits per heavy atom. The molecule has 0 radical (unpaired) electrons. The number of para-hydroxylation sites is 1. The van der Waals surface area contributed by atoms with Gasteiger partial charge in [-0.05, 0) is 42.9 Å². The van der Waals surface area contributed by atoms with Crippen LogP contribution in [0.25, 0.3) is 10.9 Å². The van der Waals surface area contributed by atoms with Gasteiger partial charge >= 0.3 is 0 Å². The Labute approximate surface area is 385 Å². The Balaban J connectivity index is 1.42. The van der Waals surface area contributed by atoms with Gasteiger partial charge in [-0.1, -0.05) is 62.4 Å². The number of nitrogens with one attached hydrogen (secondary N) is 9. The number of H-pyrrole nitrogens is 1. The summed E-state index contributed by atoms with van der Waals surface area (Å²) in [5.74, 6) is -8.93. The van der Waals surface area contributed by atoms with Crippen molar-refractivity contribution < 1.29 is 58.2 Å². The van der Waals surface area contributed by atoms with E-state index in [1.807, 2.05) is 18.2 Å². The van der Waals surface area contributed by atoms with Crippen molar-refractivity contribution in [1.29, 1.82) is 0 Å². The van der Waals surface area contributed by atoms with Crippen molar-refractivity contribution in [2.24, 2.45) is 17.4 Å². The quantitative estimate of drug-likeness (QED) is 0.0387. The minimum Gasteiger partial charge on any atom is -0.394 e. The second-order valence-corrected chi connectivity index (χ2v) is 16.6. The second kappa shape index (κ2) is 24.8. The molecule has 23 heteroatoms. The zero-order valence-electron chi connectivity index (χ0n) is 37.3. The van der Waals surface area contributed by atoms with E-state index in [0.717, 1.165) is 17.8 Å². The first kappa shape index (κ1) is 52.2. The molecule has 2 aromatic carbocycles. The van der Waals surface area contributed by atoms with Crippen LogP contribution in [0.15, 0.2) is 60.8 Å². The van der Waals surface area contributed by atoms with Crippen molar-refractivity contribution in [2.75, 3.05) is 13.2 Å². The fourth-order valence-corrected chi connectivity index (χ4v) is 7.19. The Hall–Kier alpha value is -7.40. The van der Waals surface area contributed by atoms with Crippen LogP contribution in [0.4, 0.5) is 0 Å². The SMILES string of the molecule is CC(C)C[C@@H](NC(=O)[C@@H]1CCC(=O)N1)C(=O)N[C@H](CC(N)=O)C(=O)N[C@H](Cc1ccccc1)C(=O)NC(CO)C(=O)N[C@H](C(=O)NCC(=O)N[C@H](Cc1c[nH]c2ccccc12)C(N)=O)[C@@H](C)O. The molecule has 67 heavy (non-hydrogen) atoms. The zero-order valence-corrected chi connectivity index (χ0v) is 37.3. The third-order valence-corrected chi connectivity index (χ3v) is 10.7. The Morgan fingerprint density at radius 3 is 1.94 bits per heavy atom. The highest BCUT2D eigenvalue weighted by Crippen LogP contribution is 2.19. The van der Waals surface area contributed by atoms with E-state index >= 15 is 0 Å². The number of rotatable bonds is 25. The Bertz CT molecular complexity index is 2290. The van der Waals surface area contributed by atoms with Gasteiger partial charge in [-0.25, -0.2) is 0 Å². The van der Waals surface area contributed by atoms with Gasteiger partial charge in [0.05, 0.1) is 25.7 Å². The molecule has 1 aliphatic rings. The molecule has 1 unspecified atom stereocenters. The van der Waals surface area contributed by atoms with Gasteiger partial charge in [0.15, 0.2) is 0 Å². The van der Waals surface area contributed by atoms with Gasteiger partial charge in [0.2, 0.25) is 59.1 Å². The normalized spacial score (nSPS) is 16.4. The molecule has 4 rings (SSSR count). The summed E-state index contributed by atoms with van der Waals surface area (Å²) < 4.78 is 0. The molecular weight excluding hydrogens is 875 g/mol. The van der Waals surface area contributed by atoms with E-state index in [0.29, 0.717) is 11.1 Å². The minimum atomic E-state index is -1.79. The number of hydrogen-bond acceptors (Lipinski definition) is 12. The van der Waals surface area contributed by atoms with E-state index in [9.17, 15) is 58.2 Å². The number of carbonyl (C=O) groups is 10. The summed E-state index contributed by atoms with van der Waals surface area (Å²) in [6.07, 6.45) is -0.389. The van der Waals surface area contributed by atoms with Crippen LogP contribution < -0.4 is 54.0 Å². The molecule has 0 saturated carbocycles. The number of amides is 10. The van der Waals surface area contributed by atoms with E-state index in [1.54, 1.807) is 56.4 Å². The number of fused-ring (bicyclic) bond motifs is 1. The van der Waals surface area contributed by atoms with Crippen LogP contribution >= 0.6 is 0 Å². The molecule has 10 amide bonds. The highest BCUT2D eigenvalue weighted by atomic mass is 16.3. The number of primary amides is 2. The van der Waals surface area contributed by atoms with Crippen molar-refractivity contribution in [3.8, 4) is 0 Å². The fourth-order valence-electron chi connectivity index (χ4n) is 7.19. The lowest BCUT2D eigenvalue weighted by Crippen LogP contribution is -2.61. The van der Waals surface area contributed by atoms with Gasteiger partial charge in [0, 0.05) is 36.4 Å². The van der Waals surface area contributed by atoms with Crippen molar-refractivity contribution in [2.45, 2.75) is 108 Å². The topological polar surface area (TPSA) is 375 Å². The molecule has 0 bridgehead atoms. The largest absolute Gasteiger partial charge is 0.394 e. The highest BCUT2D eigenvalue weighted by molar-refractivity contribution is 5.99. The zero-order chi connectivity index (χ0) is 49.4. The van der Waals surface area contributed by atoms with Crippen molar-refractivity contribution in [1.82, 2.24) is 47.5 Å². The van der Waals surface area contributed by atoms with Gasteiger partial charge in [0.1, 0.15) is 42.3 Å². The molecular formula is C44H59N11O12. The van der Waals surface area contributed by atoms with Gasteiger partial charge < -0.3 is 69.2 Å². The first-order chi connectivity index (χ1) is 31.8. The van der Waals surface area contributed by atoms with Gasteiger partial charge in [-0.15, -0.1) is 0 Å². The van der Waals surface area contributed by atoms with Crippen LogP contribution in [-0.4, -0.2) is 136 Å². The number of aromatic nitrogens is 1. The summed E-state index contributed by atoms with van der Waals surface area (Å²) in [6, 6.07) is 5.57. The van der Waals surface area contributed by atoms with Crippen molar-refractivity contribution >= 4 is 70.0 Å². The molecule has 8 atom stereocenters. The minimum absolute atomic E-state index is 0.0317. The molecule has 362 valence electrons. The van der Waals surface area contributed by atoms with Crippen LogP contribution in [-0.2, 0) is 60.8 Å². The van der Waals surface area contributed by atoms with Gasteiger partial charge in [0.25, 0.3) is 0 Å². The molecule has 23 nitrogen and oxygen atoms in total. The Morgan fingerprint density at radius 1 is 0.716 bits per heavy atom. The number of hydrogen-bond donors (Lipinski definition) is 13. The van der Waals surface area contributed by atoms with E-state index in [1.165, 1.54) is 0 Å². The highest BCUT2D eigenvalue weighted by Gasteiger charge is 2.36. The number of aromatic amines is 1. The van der Waals surface area contributed by atoms with Crippen LogP contribution in [0.1, 0.15) is 57.6 Å². The van der Waals surface area contributed by atoms with Crippen LogP contribution in [0, 0.1) is 5.92 Å². The standard InChI is InChI=1S/C44H59N11O12/c1-22(2)15-30(51-39(62)28-13-14-35(59)49-28)40(63)53-32(18-34(45)58)42(65)52-31(16-24-9-5-4-6-10-24)41(64)54-33(21-56)43(66)55-37(23(3)57)44(67)48-20-36(60)50-29(38(46)61)17-25-19-47-27-12-8-7-11-26(25)27/h4-12,19,22-23,28-33,37,47,56-57H,13-18,20-21H2,1-3H3,(H2,45,58)(H2,46,61)(H,48,67)(H,49,59)(H,50,60)(H,51,62)(H,52,65)(H,53,63)(H,54,64)(H,55,66)/t23-,28+,29-,30-,31-,32-,33?,37+/m1/s1. The predicted octanol–water partition coefficient (Wildman–Crippen LogP) is -3.96. The summed E-state index contributed by atoms with van der Waals surface area (Å²) in [7, 11) is 0. The van der Waals surface area contributed by atoms with Gasteiger partial charge in [-0.2, -0.15) is 0 Å². The Kier molecular flexibility index (Phi) is 19.3. The number of aliphatic hydroxyl groups is 2. The first-order valence-corrected chi connectivity index (χ1v) is 21.6. The van der Waals surface area contributed by atoms with Crippen molar-refractivity contribution in [3.63, 3.8) is 0 Å². The molecule has 1 fully saturated rings. The summed E-state index contributed by atoms with van der Waals surface area (Å²) in [5, 5.41) is 40.7. The molecule has 2 heterocycles. The summed E-state index contributed by atoms with van der Waals surface area (Å²) in [6.45, 7) is 2.97. The average Bonchev–Trinajstić information content (AvgIpc) is 3.91. The maximum Gasteiger partial charge on any atom is 0.245 e. The van der Waals surface area contributed by atoms with Crippen LogP contribution in [0.5, 0.6) is 0 Å².